The van der Waals surface area contributed by atoms with E-state index in [9.17, 15) is 14.4 Å². The highest BCUT2D eigenvalue weighted by molar-refractivity contribution is 5.86. The lowest BCUT2D eigenvalue weighted by Gasteiger charge is -2.18. The van der Waals surface area contributed by atoms with E-state index in [2.05, 4.69) is 21.3 Å². The average Bonchev–Trinajstić information content (AvgIpc) is 2.45. The van der Waals surface area contributed by atoms with Crippen LogP contribution in [0, 0.1) is 0 Å². The largest absolute Gasteiger partial charge is 0.480 e. The van der Waals surface area contributed by atoms with Crippen molar-refractivity contribution in [2.24, 2.45) is 0 Å². The minimum Gasteiger partial charge on any atom is -0.480 e. The van der Waals surface area contributed by atoms with Gasteiger partial charge in [-0.1, -0.05) is 0 Å². The van der Waals surface area contributed by atoms with Crippen LogP contribution in [0.4, 0.5) is 0 Å². The van der Waals surface area contributed by atoms with Crippen LogP contribution in [-0.2, 0) is 14.4 Å². The predicted octanol–water partition coefficient (Wildman–Crippen LogP) is -1.33. The van der Waals surface area contributed by atoms with Gasteiger partial charge in [-0.2, -0.15) is 0 Å². The van der Waals surface area contributed by atoms with E-state index in [4.69, 9.17) is 5.11 Å². The van der Waals surface area contributed by atoms with Crippen molar-refractivity contribution in [2.75, 3.05) is 20.6 Å². The van der Waals surface area contributed by atoms with Crippen molar-refractivity contribution in [2.45, 2.75) is 44.8 Å². The number of carboxylic acids is 1. The Morgan fingerprint density at radius 3 is 2.10 bits per heavy atom. The maximum absolute atomic E-state index is 11.8. The molecule has 0 unspecified atom stereocenters. The summed E-state index contributed by atoms with van der Waals surface area (Å²) >= 11 is 0. The van der Waals surface area contributed by atoms with E-state index < -0.39 is 18.1 Å². The maximum atomic E-state index is 11.8. The zero-order valence-corrected chi connectivity index (χ0v) is 13.0. The molecular formula is C13H26N4O4. The molecule has 0 saturated carbocycles. The molecule has 0 heterocycles. The summed E-state index contributed by atoms with van der Waals surface area (Å²) in [6, 6.07) is -1.67. The molecule has 8 heteroatoms. The molecule has 122 valence electrons. The van der Waals surface area contributed by atoms with E-state index in [0.29, 0.717) is 19.4 Å². The summed E-state index contributed by atoms with van der Waals surface area (Å²) in [6.45, 7) is 3.63. The second kappa shape index (κ2) is 10.1. The van der Waals surface area contributed by atoms with Crippen LogP contribution in [0.3, 0.4) is 0 Å². The van der Waals surface area contributed by atoms with Gasteiger partial charge in [0.1, 0.15) is 6.04 Å². The van der Waals surface area contributed by atoms with Crippen LogP contribution in [0.2, 0.25) is 0 Å². The SMILES string of the molecule is CN[C@@H](CCCNC(=O)[C@@H](C)NC)C(=O)N[C@H](C)C(=O)O. The van der Waals surface area contributed by atoms with Crippen molar-refractivity contribution < 1.29 is 19.5 Å². The van der Waals surface area contributed by atoms with Crippen LogP contribution in [0.1, 0.15) is 26.7 Å². The highest BCUT2D eigenvalue weighted by atomic mass is 16.4. The highest BCUT2D eigenvalue weighted by Crippen LogP contribution is 1.98. The molecule has 0 spiro atoms. The molecule has 3 atom stereocenters. The van der Waals surface area contributed by atoms with E-state index in [1.807, 2.05) is 0 Å². The molecule has 0 bridgehead atoms. The number of carbonyl (C=O) groups excluding carboxylic acids is 2. The quantitative estimate of drug-likeness (QED) is 0.319. The average molecular weight is 302 g/mol. The summed E-state index contributed by atoms with van der Waals surface area (Å²) in [7, 11) is 3.34. The Morgan fingerprint density at radius 1 is 1.00 bits per heavy atom. The Morgan fingerprint density at radius 2 is 1.62 bits per heavy atom. The number of hydrogen-bond acceptors (Lipinski definition) is 5. The van der Waals surface area contributed by atoms with Crippen LogP contribution in [-0.4, -0.2) is 61.7 Å². The Kier molecular flexibility index (Phi) is 9.31. The van der Waals surface area contributed by atoms with E-state index >= 15 is 0 Å². The molecule has 5 N–H and O–H groups in total. The molecule has 21 heavy (non-hydrogen) atoms. The van der Waals surface area contributed by atoms with Crippen molar-refractivity contribution >= 4 is 17.8 Å². The van der Waals surface area contributed by atoms with Gasteiger partial charge in [-0.3, -0.25) is 14.4 Å². The minimum absolute atomic E-state index is 0.0949. The van der Waals surface area contributed by atoms with Gasteiger partial charge in [-0.25, -0.2) is 0 Å². The summed E-state index contributed by atoms with van der Waals surface area (Å²) in [5.74, 6) is -1.53. The first-order chi connectivity index (χ1) is 9.83. The van der Waals surface area contributed by atoms with Gasteiger partial charge in [0.25, 0.3) is 0 Å². The summed E-state index contributed by atoms with van der Waals surface area (Å²) in [6.07, 6.45) is 1.12. The first-order valence-corrected chi connectivity index (χ1v) is 6.98. The lowest BCUT2D eigenvalue weighted by Crippen LogP contribution is -2.48. The van der Waals surface area contributed by atoms with Crippen molar-refractivity contribution in [3.63, 3.8) is 0 Å². The fraction of sp³-hybridized carbons (Fsp3) is 0.769. The van der Waals surface area contributed by atoms with E-state index in [1.54, 1.807) is 21.0 Å². The lowest BCUT2D eigenvalue weighted by molar-refractivity contribution is -0.141. The Bertz CT molecular complexity index is 362. The third-order valence-electron chi connectivity index (χ3n) is 3.19. The number of aliphatic carboxylic acids is 1. The molecule has 8 nitrogen and oxygen atoms in total. The van der Waals surface area contributed by atoms with Gasteiger partial charge >= 0.3 is 5.97 Å². The molecule has 0 aromatic carbocycles. The second-order valence-electron chi connectivity index (χ2n) is 4.85. The third kappa shape index (κ3) is 7.62. The molecule has 0 rings (SSSR count). The zero-order valence-electron chi connectivity index (χ0n) is 13.0. The molecule has 0 aromatic rings. The normalized spacial score (nSPS) is 14.9. The number of amides is 2. The fourth-order valence-corrected chi connectivity index (χ4v) is 1.58. The zero-order chi connectivity index (χ0) is 16.4. The third-order valence-corrected chi connectivity index (χ3v) is 3.19. The number of nitrogens with one attached hydrogen (secondary N) is 4. The molecule has 0 aromatic heterocycles. The van der Waals surface area contributed by atoms with E-state index in [1.165, 1.54) is 6.92 Å². The molecule has 2 amide bonds. The number of rotatable bonds is 10. The number of likely N-dealkylation sites (N-methyl/N-ethyl adjacent to an activating group) is 2. The Labute approximate surface area is 125 Å². The number of carboxylic acid groups (broad SMARTS) is 1. The van der Waals surface area contributed by atoms with Gasteiger partial charge < -0.3 is 26.4 Å². The molecule has 0 aliphatic carbocycles. The molecule has 0 fully saturated rings. The van der Waals surface area contributed by atoms with Crippen LogP contribution in [0.5, 0.6) is 0 Å². The maximum Gasteiger partial charge on any atom is 0.325 e. The first kappa shape index (κ1) is 19.3. The summed E-state index contributed by atoms with van der Waals surface area (Å²) < 4.78 is 0. The monoisotopic (exact) mass is 302 g/mol. The highest BCUT2D eigenvalue weighted by Gasteiger charge is 2.20. The van der Waals surface area contributed by atoms with E-state index in [0.717, 1.165) is 0 Å². The lowest BCUT2D eigenvalue weighted by atomic mass is 10.1. The first-order valence-electron chi connectivity index (χ1n) is 6.98. The van der Waals surface area contributed by atoms with Gasteiger partial charge in [-0.05, 0) is 40.8 Å². The molecule has 0 saturated heterocycles. The molecular weight excluding hydrogens is 276 g/mol. The van der Waals surface area contributed by atoms with Gasteiger partial charge in [0.05, 0.1) is 12.1 Å². The second-order valence-corrected chi connectivity index (χ2v) is 4.85. The molecule has 0 radical (unpaired) electrons. The van der Waals surface area contributed by atoms with Crippen LogP contribution >= 0.6 is 0 Å². The molecule has 0 aliphatic rings. The van der Waals surface area contributed by atoms with Gasteiger partial charge in [0.2, 0.25) is 11.8 Å². The molecule has 0 aliphatic heterocycles. The van der Waals surface area contributed by atoms with Crippen LogP contribution in [0.25, 0.3) is 0 Å². The minimum atomic E-state index is -1.08. The van der Waals surface area contributed by atoms with Gasteiger partial charge in [0.15, 0.2) is 0 Å². The van der Waals surface area contributed by atoms with E-state index in [-0.39, 0.29) is 17.9 Å². The van der Waals surface area contributed by atoms with Crippen LogP contribution < -0.4 is 21.3 Å². The smallest absolute Gasteiger partial charge is 0.325 e. The topological polar surface area (TPSA) is 120 Å². The summed E-state index contributed by atoms with van der Waals surface area (Å²) in [4.78, 5) is 34.0. The fourth-order valence-electron chi connectivity index (χ4n) is 1.58. The van der Waals surface area contributed by atoms with Gasteiger partial charge in [0, 0.05) is 6.54 Å². The van der Waals surface area contributed by atoms with Gasteiger partial charge in [-0.15, -0.1) is 0 Å². The predicted molar refractivity (Wildman–Crippen MR) is 78.9 cm³/mol. The van der Waals surface area contributed by atoms with Crippen LogP contribution in [0.15, 0.2) is 0 Å². The summed E-state index contributed by atoms with van der Waals surface area (Å²) in [5, 5.41) is 19.6. The standard InChI is InChI=1S/C13H26N4O4/c1-8(14-3)11(18)16-7-5-6-10(15-4)12(19)17-9(2)13(20)21/h8-10,14-15H,5-7H2,1-4H3,(H,16,18)(H,17,19)(H,20,21)/t8-,9-,10+/m1/s1. The van der Waals surface area contributed by atoms with Crippen molar-refractivity contribution in [3.8, 4) is 0 Å². The van der Waals surface area contributed by atoms with Crippen molar-refractivity contribution in [3.05, 3.63) is 0 Å². The number of hydrogen-bond donors (Lipinski definition) is 5. The van der Waals surface area contributed by atoms with Crippen molar-refractivity contribution in [1.82, 2.24) is 21.3 Å². The Balaban J connectivity index is 4.07. The Hall–Kier alpha value is -1.67. The number of carbonyl (C=O) groups is 3. The van der Waals surface area contributed by atoms with Crippen molar-refractivity contribution in [1.29, 1.82) is 0 Å². The summed E-state index contributed by atoms with van der Waals surface area (Å²) in [5.41, 5.74) is 0.